The highest BCUT2D eigenvalue weighted by Crippen LogP contribution is 2.00. The molecule has 0 aromatic carbocycles. The van der Waals surface area contributed by atoms with E-state index in [4.69, 9.17) is 10.5 Å². The van der Waals surface area contributed by atoms with E-state index in [9.17, 15) is 4.79 Å². The fourth-order valence-corrected chi connectivity index (χ4v) is 0.997. The zero-order valence-corrected chi connectivity index (χ0v) is 10.0. The molecule has 0 spiro atoms. The van der Waals surface area contributed by atoms with Gasteiger partial charge in [0.25, 0.3) is 0 Å². The summed E-state index contributed by atoms with van der Waals surface area (Å²) in [5.74, 6) is -0.323. The number of hydrazone groups is 1. The fourth-order valence-electron chi connectivity index (χ4n) is 0.945. The van der Waals surface area contributed by atoms with Gasteiger partial charge < -0.3 is 10.5 Å². The van der Waals surface area contributed by atoms with Crippen molar-refractivity contribution in [2.75, 3.05) is 0 Å². The molecule has 0 bridgehead atoms. The van der Waals surface area contributed by atoms with Crippen LogP contribution in [-0.2, 0) is 16.1 Å². The van der Waals surface area contributed by atoms with E-state index in [2.05, 4.69) is 27.7 Å². The van der Waals surface area contributed by atoms with Gasteiger partial charge in [-0.2, -0.15) is 5.10 Å². The van der Waals surface area contributed by atoms with Crippen LogP contribution in [0.1, 0.15) is 18.2 Å². The topological polar surface area (TPSA) is 89.6 Å². The highest BCUT2D eigenvalue weighted by atomic mass is 32.1. The van der Waals surface area contributed by atoms with E-state index in [0.29, 0.717) is 5.69 Å². The first-order valence-corrected chi connectivity index (χ1v) is 5.15. The molecule has 1 aromatic heterocycles. The molecule has 0 unspecified atom stereocenters. The minimum atomic E-state index is -0.323. The minimum absolute atomic E-state index is 0.0905. The summed E-state index contributed by atoms with van der Waals surface area (Å²) < 4.78 is 4.82. The number of nitrogens with zero attached hydrogens (tertiary/aromatic N) is 2. The fraction of sp³-hybridized carbons (Fsp3) is 0.200. The van der Waals surface area contributed by atoms with Crippen LogP contribution < -0.4 is 11.2 Å². The first-order valence-electron chi connectivity index (χ1n) is 4.74. The molecule has 0 aliphatic heterocycles. The molecule has 1 rings (SSSR count). The molecule has 1 heterocycles. The molecule has 0 aliphatic carbocycles. The quantitative estimate of drug-likeness (QED) is 0.347. The van der Waals surface area contributed by atoms with E-state index in [1.165, 1.54) is 13.1 Å². The Morgan fingerprint density at radius 1 is 1.71 bits per heavy atom. The second kappa shape index (κ2) is 6.54. The molecule has 0 aliphatic rings. The summed E-state index contributed by atoms with van der Waals surface area (Å²) in [6.45, 7) is 1.57. The molecule has 17 heavy (non-hydrogen) atoms. The van der Waals surface area contributed by atoms with Crippen molar-refractivity contribution >= 4 is 29.5 Å². The van der Waals surface area contributed by atoms with Crippen molar-refractivity contribution in [1.29, 1.82) is 0 Å². The number of rotatable bonds is 4. The summed E-state index contributed by atoms with van der Waals surface area (Å²) in [5, 5.41) is 3.85. The molecular formula is C10H12N4O2S. The highest BCUT2D eigenvalue weighted by molar-refractivity contribution is 7.80. The first kappa shape index (κ1) is 13.0. The normalized spacial score (nSPS) is 10.2. The standard InChI is InChI=1S/C10H12N4O2S/c1-7(15)16-6-8-2-3-9(12-4-8)5-13-14-10(11)17/h2-5H,6H2,1H3,(H3,11,14,17). The molecular weight excluding hydrogens is 240 g/mol. The van der Waals surface area contributed by atoms with Crippen LogP contribution in [0.4, 0.5) is 0 Å². The average Bonchev–Trinajstić information content (AvgIpc) is 2.27. The number of nitrogens with one attached hydrogen (secondary N) is 1. The molecule has 0 saturated carbocycles. The Bertz CT molecular complexity index is 430. The van der Waals surface area contributed by atoms with Crippen molar-refractivity contribution in [3.63, 3.8) is 0 Å². The predicted octanol–water partition coefficient (Wildman–Crippen LogP) is 0.312. The zero-order valence-electron chi connectivity index (χ0n) is 9.21. The Balaban J connectivity index is 2.52. The van der Waals surface area contributed by atoms with Crippen molar-refractivity contribution in [1.82, 2.24) is 10.4 Å². The van der Waals surface area contributed by atoms with Crippen molar-refractivity contribution in [3.8, 4) is 0 Å². The van der Waals surface area contributed by atoms with Crippen molar-refractivity contribution < 1.29 is 9.53 Å². The van der Waals surface area contributed by atoms with Gasteiger partial charge in [-0.1, -0.05) is 6.07 Å². The molecule has 7 heteroatoms. The number of aromatic nitrogens is 1. The van der Waals surface area contributed by atoms with Crippen LogP contribution in [0.2, 0.25) is 0 Å². The number of carbonyl (C=O) groups is 1. The Kier molecular flexibility index (Phi) is 5.02. The molecule has 0 saturated heterocycles. The van der Waals surface area contributed by atoms with Gasteiger partial charge in [-0.15, -0.1) is 0 Å². The van der Waals surface area contributed by atoms with Crippen LogP contribution in [0, 0.1) is 0 Å². The van der Waals surface area contributed by atoms with Crippen LogP contribution in [-0.4, -0.2) is 22.3 Å². The van der Waals surface area contributed by atoms with Gasteiger partial charge in [0.15, 0.2) is 5.11 Å². The lowest BCUT2D eigenvalue weighted by atomic mass is 10.3. The summed E-state index contributed by atoms with van der Waals surface area (Å²) >= 11 is 4.57. The van der Waals surface area contributed by atoms with Gasteiger partial charge in [0.1, 0.15) is 6.61 Å². The number of esters is 1. The van der Waals surface area contributed by atoms with E-state index < -0.39 is 0 Å². The third-order valence-corrected chi connectivity index (χ3v) is 1.75. The van der Waals surface area contributed by atoms with Gasteiger partial charge in [-0.05, 0) is 18.3 Å². The van der Waals surface area contributed by atoms with Gasteiger partial charge in [0, 0.05) is 18.7 Å². The second-order valence-corrected chi connectivity index (χ2v) is 3.55. The van der Waals surface area contributed by atoms with Crippen LogP contribution in [0.3, 0.4) is 0 Å². The van der Waals surface area contributed by atoms with Gasteiger partial charge >= 0.3 is 5.97 Å². The van der Waals surface area contributed by atoms with Gasteiger partial charge in [-0.25, -0.2) is 0 Å². The molecule has 0 atom stereocenters. The van der Waals surface area contributed by atoms with Crippen molar-refractivity contribution in [2.24, 2.45) is 10.8 Å². The number of ether oxygens (including phenoxy) is 1. The molecule has 0 radical (unpaired) electrons. The Morgan fingerprint density at radius 3 is 3.00 bits per heavy atom. The number of hydrogen-bond acceptors (Lipinski definition) is 5. The summed E-state index contributed by atoms with van der Waals surface area (Å²) in [6, 6.07) is 3.53. The number of thiocarbonyl (C=S) groups is 1. The Morgan fingerprint density at radius 2 is 2.47 bits per heavy atom. The third kappa shape index (κ3) is 5.57. The number of pyridine rings is 1. The zero-order chi connectivity index (χ0) is 12.7. The van der Waals surface area contributed by atoms with E-state index >= 15 is 0 Å². The van der Waals surface area contributed by atoms with Gasteiger partial charge in [-0.3, -0.25) is 15.2 Å². The molecule has 0 amide bonds. The summed E-state index contributed by atoms with van der Waals surface area (Å²) in [7, 11) is 0. The molecule has 0 fully saturated rings. The average molecular weight is 252 g/mol. The van der Waals surface area contributed by atoms with Gasteiger partial charge in [0.05, 0.1) is 11.9 Å². The van der Waals surface area contributed by atoms with E-state index in [1.807, 2.05) is 0 Å². The van der Waals surface area contributed by atoms with E-state index in [1.54, 1.807) is 18.3 Å². The van der Waals surface area contributed by atoms with Gasteiger partial charge in [0.2, 0.25) is 0 Å². The summed E-state index contributed by atoms with van der Waals surface area (Å²) in [4.78, 5) is 14.7. The maximum Gasteiger partial charge on any atom is 0.302 e. The molecule has 1 aromatic rings. The van der Waals surface area contributed by atoms with Crippen LogP contribution in [0.5, 0.6) is 0 Å². The van der Waals surface area contributed by atoms with Crippen LogP contribution >= 0.6 is 12.2 Å². The van der Waals surface area contributed by atoms with Crippen LogP contribution in [0.15, 0.2) is 23.4 Å². The Hall–Kier alpha value is -2.02. The maximum absolute atomic E-state index is 10.6. The lowest BCUT2D eigenvalue weighted by molar-refractivity contribution is -0.142. The predicted molar refractivity (Wildman–Crippen MR) is 67.2 cm³/mol. The highest BCUT2D eigenvalue weighted by Gasteiger charge is 1.97. The smallest absolute Gasteiger partial charge is 0.302 e. The Labute approximate surface area is 104 Å². The lowest BCUT2D eigenvalue weighted by Crippen LogP contribution is -2.24. The monoisotopic (exact) mass is 252 g/mol. The molecule has 6 nitrogen and oxygen atoms in total. The lowest BCUT2D eigenvalue weighted by Gasteiger charge is -2.01. The SMILES string of the molecule is CC(=O)OCc1ccc(C=NNC(N)=S)nc1. The largest absolute Gasteiger partial charge is 0.461 e. The van der Waals surface area contributed by atoms with Crippen molar-refractivity contribution in [2.45, 2.75) is 13.5 Å². The summed E-state index contributed by atoms with van der Waals surface area (Å²) in [6.07, 6.45) is 3.08. The number of carbonyl (C=O) groups excluding carboxylic acids is 1. The van der Waals surface area contributed by atoms with Crippen molar-refractivity contribution in [3.05, 3.63) is 29.6 Å². The van der Waals surface area contributed by atoms with Crippen LogP contribution in [0.25, 0.3) is 0 Å². The first-order chi connectivity index (χ1) is 8.08. The molecule has 3 N–H and O–H groups in total. The van der Waals surface area contributed by atoms with E-state index in [-0.39, 0.29) is 17.7 Å². The number of nitrogens with two attached hydrogens (primary N) is 1. The van der Waals surface area contributed by atoms with E-state index in [0.717, 1.165) is 5.56 Å². The molecule has 90 valence electrons. The third-order valence-electron chi connectivity index (χ3n) is 1.66. The second-order valence-electron chi connectivity index (χ2n) is 3.11. The maximum atomic E-state index is 10.6. The number of hydrogen-bond donors (Lipinski definition) is 2. The minimum Gasteiger partial charge on any atom is -0.461 e. The summed E-state index contributed by atoms with van der Waals surface area (Å²) in [5.41, 5.74) is 9.05.